The molecule has 0 radical (unpaired) electrons. The number of benzene rings is 2. The van der Waals surface area contributed by atoms with Gasteiger partial charge in [-0.2, -0.15) is 0 Å². The molecule has 2 rings (SSSR count). The van der Waals surface area contributed by atoms with E-state index in [9.17, 15) is 5.11 Å². The van der Waals surface area contributed by atoms with Crippen molar-refractivity contribution in [1.82, 2.24) is 0 Å². The summed E-state index contributed by atoms with van der Waals surface area (Å²) in [5.41, 5.74) is 2.05. The second-order valence-corrected chi connectivity index (χ2v) is 5.36. The summed E-state index contributed by atoms with van der Waals surface area (Å²) in [6.07, 6.45) is 5.96. The Morgan fingerprint density at radius 1 is 0.783 bits per heavy atom. The van der Waals surface area contributed by atoms with Crippen molar-refractivity contribution >= 4 is 12.2 Å². The summed E-state index contributed by atoms with van der Waals surface area (Å²) in [7, 11) is 0. The zero-order chi connectivity index (χ0) is 16.5. The fraction of sp³-hybridized carbons (Fsp3) is 0.300. The van der Waals surface area contributed by atoms with E-state index in [4.69, 9.17) is 9.47 Å². The predicted octanol–water partition coefficient (Wildman–Crippen LogP) is 5.14. The number of phenols is 1. The molecule has 0 aliphatic rings. The lowest BCUT2D eigenvalue weighted by Crippen LogP contribution is -1.98. The van der Waals surface area contributed by atoms with Gasteiger partial charge in [0.05, 0.1) is 13.2 Å². The number of aromatic hydroxyl groups is 1. The first-order chi connectivity index (χ1) is 11.2. The van der Waals surface area contributed by atoms with Gasteiger partial charge >= 0.3 is 0 Å². The Labute approximate surface area is 138 Å². The van der Waals surface area contributed by atoms with E-state index in [1.54, 1.807) is 12.1 Å². The van der Waals surface area contributed by atoms with Gasteiger partial charge in [0.1, 0.15) is 17.2 Å². The Bertz CT molecular complexity index is 604. The fourth-order valence-corrected chi connectivity index (χ4v) is 2.07. The summed E-state index contributed by atoms with van der Waals surface area (Å²) >= 11 is 0. The molecule has 0 atom stereocenters. The summed E-state index contributed by atoms with van der Waals surface area (Å²) in [6.45, 7) is 5.56. The minimum Gasteiger partial charge on any atom is -0.508 e. The van der Waals surface area contributed by atoms with Gasteiger partial charge in [-0.15, -0.1) is 0 Å². The van der Waals surface area contributed by atoms with Crippen LogP contribution in [-0.4, -0.2) is 18.3 Å². The largest absolute Gasteiger partial charge is 0.508 e. The zero-order valence-corrected chi connectivity index (χ0v) is 13.8. The number of phenolic OH excluding ortho intramolecular Hbond substituents is 1. The molecular weight excluding hydrogens is 288 g/mol. The Hall–Kier alpha value is -2.42. The highest BCUT2D eigenvalue weighted by Crippen LogP contribution is 2.25. The van der Waals surface area contributed by atoms with Crippen molar-refractivity contribution in [1.29, 1.82) is 0 Å². The molecule has 0 aromatic heterocycles. The molecule has 0 unspecified atom stereocenters. The fourth-order valence-electron chi connectivity index (χ4n) is 2.07. The van der Waals surface area contributed by atoms with Crippen molar-refractivity contribution in [2.45, 2.75) is 26.7 Å². The lowest BCUT2D eigenvalue weighted by molar-refractivity contribution is 0.301. The molecule has 0 fully saturated rings. The van der Waals surface area contributed by atoms with Gasteiger partial charge in [-0.1, -0.05) is 38.1 Å². The van der Waals surface area contributed by atoms with Crippen molar-refractivity contribution in [3.63, 3.8) is 0 Å². The highest BCUT2D eigenvalue weighted by molar-refractivity contribution is 5.71. The second kappa shape index (κ2) is 8.89. The minimum atomic E-state index is 0.271. The maximum Gasteiger partial charge on any atom is 0.123 e. The third kappa shape index (κ3) is 5.70. The van der Waals surface area contributed by atoms with Crippen LogP contribution in [0.15, 0.2) is 42.5 Å². The van der Waals surface area contributed by atoms with Gasteiger partial charge in [-0.05, 0) is 48.2 Å². The van der Waals surface area contributed by atoms with Crippen LogP contribution in [0.4, 0.5) is 0 Å². The van der Waals surface area contributed by atoms with Gasteiger partial charge in [-0.3, -0.25) is 0 Å². The van der Waals surface area contributed by atoms with Crippen molar-refractivity contribution in [2.75, 3.05) is 13.2 Å². The second-order valence-electron chi connectivity index (χ2n) is 5.36. The predicted molar refractivity (Wildman–Crippen MR) is 95.0 cm³/mol. The first-order valence-electron chi connectivity index (χ1n) is 8.09. The molecule has 0 aliphatic heterocycles. The average Bonchev–Trinajstić information content (AvgIpc) is 2.57. The van der Waals surface area contributed by atoms with Crippen LogP contribution in [-0.2, 0) is 0 Å². The van der Waals surface area contributed by atoms with Gasteiger partial charge in [0.25, 0.3) is 0 Å². The van der Waals surface area contributed by atoms with Crippen LogP contribution in [0, 0.1) is 0 Å². The molecule has 0 aliphatic carbocycles. The Kier molecular flexibility index (Phi) is 6.55. The third-order valence-corrected chi connectivity index (χ3v) is 3.21. The number of ether oxygens (including phenoxy) is 2. The third-order valence-electron chi connectivity index (χ3n) is 3.21. The number of rotatable bonds is 8. The quantitative estimate of drug-likeness (QED) is 0.686. The van der Waals surface area contributed by atoms with Crippen LogP contribution in [0.25, 0.3) is 12.2 Å². The first kappa shape index (κ1) is 16.9. The Morgan fingerprint density at radius 2 is 1.30 bits per heavy atom. The maximum absolute atomic E-state index is 9.32. The molecular formula is C20H24O3. The van der Waals surface area contributed by atoms with Crippen molar-refractivity contribution < 1.29 is 14.6 Å². The molecule has 0 bridgehead atoms. The van der Waals surface area contributed by atoms with Gasteiger partial charge < -0.3 is 14.6 Å². The lowest BCUT2D eigenvalue weighted by Gasteiger charge is -2.10. The van der Waals surface area contributed by atoms with Gasteiger partial charge in [0.15, 0.2) is 0 Å². The maximum atomic E-state index is 9.32. The molecule has 0 saturated heterocycles. The molecule has 122 valence electrons. The molecule has 0 amide bonds. The molecule has 0 spiro atoms. The summed E-state index contributed by atoms with van der Waals surface area (Å²) in [6, 6.07) is 13.0. The monoisotopic (exact) mass is 312 g/mol. The van der Waals surface area contributed by atoms with Crippen molar-refractivity contribution in [3.05, 3.63) is 53.6 Å². The van der Waals surface area contributed by atoms with Crippen LogP contribution in [0.2, 0.25) is 0 Å². The van der Waals surface area contributed by atoms with Gasteiger partial charge in [0.2, 0.25) is 0 Å². The summed E-state index contributed by atoms with van der Waals surface area (Å²) in [4.78, 5) is 0. The lowest BCUT2D eigenvalue weighted by atomic mass is 10.1. The average molecular weight is 312 g/mol. The normalized spacial score (nSPS) is 10.9. The molecule has 1 N–H and O–H groups in total. The van der Waals surface area contributed by atoms with Crippen LogP contribution in [0.3, 0.4) is 0 Å². The minimum absolute atomic E-state index is 0.271. The van der Waals surface area contributed by atoms with E-state index in [2.05, 4.69) is 13.8 Å². The van der Waals surface area contributed by atoms with E-state index in [0.29, 0.717) is 13.2 Å². The van der Waals surface area contributed by atoms with Gasteiger partial charge in [0, 0.05) is 6.07 Å². The van der Waals surface area contributed by atoms with Gasteiger partial charge in [-0.25, -0.2) is 0 Å². The molecule has 2 aromatic rings. The van der Waals surface area contributed by atoms with E-state index < -0.39 is 0 Å². The standard InChI is InChI=1S/C20H24O3/c1-3-11-22-19-13-17(14-20(15-19)23-12-4-2)6-5-16-7-9-18(21)10-8-16/h5-10,13-15,21H,3-4,11-12H2,1-2H3/b6-5+. The zero-order valence-electron chi connectivity index (χ0n) is 13.8. The van der Waals surface area contributed by atoms with Crippen LogP contribution < -0.4 is 9.47 Å². The molecule has 2 aromatic carbocycles. The van der Waals surface area contributed by atoms with E-state index in [1.807, 2.05) is 42.5 Å². The number of hydrogen-bond acceptors (Lipinski definition) is 3. The van der Waals surface area contributed by atoms with E-state index in [-0.39, 0.29) is 5.75 Å². The molecule has 3 heteroatoms. The summed E-state index contributed by atoms with van der Waals surface area (Å²) in [5.74, 6) is 1.92. The molecule has 0 saturated carbocycles. The van der Waals surface area contributed by atoms with Crippen LogP contribution >= 0.6 is 0 Å². The Balaban J connectivity index is 2.19. The van der Waals surface area contributed by atoms with Crippen molar-refractivity contribution in [2.24, 2.45) is 0 Å². The highest BCUT2D eigenvalue weighted by Gasteiger charge is 2.02. The summed E-state index contributed by atoms with van der Waals surface area (Å²) < 4.78 is 11.5. The van der Waals surface area contributed by atoms with Crippen LogP contribution in [0.5, 0.6) is 17.2 Å². The van der Waals surface area contributed by atoms with E-state index >= 15 is 0 Å². The highest BCUT2D eigenvalue weighted by atomic mass is 16.5. The van der Waals surface area contributed by atoms with E-state index in [0.717, 1.165) is 35.5 Å². The van der Waals surface area contributed by atoms with Crippen molar-refractivity contribution in [3.8, 4) is 17.2 Å². The Morgan fingerprint density at radius 3 is 1.83 bits per heavy atom. The van der Waals surface area contributed by atoms with Crippen LogP contribution in [0.1, 0.15) is 37.8 Å². The summed E-state index contributed by atoms with van der Waals surface area (Å²) in [5, 5.41) is 9.32. The molecule has 0 heterocycles. The molecule has 23 heavy (non-hydrogen) atoms. The first-order valence-corrected chi connectivity index (χ1v) is 8.09. The molecule has 3 nitrogen and oxygen atoms in total. The topological polar surface area (TPSA) is 38.7 Å². The van der Waals surface area contributed by atoms with E-state index in [1.165, 1.54) is 0 Å². The number of hydrogen-bond donors (Lipinski definition) is 1. The smallest absolute Gasteiger partial charge is 0.123 e. The SMILES string of the molecule is CCCOc1cc(/C=C/c2ccc(O)cc2)cc(OCCC)c1.